The SMILES string of the molecule is C1CC[NH2+]CC1.O=C([O-])c1ccc(Cl)cc1. The molecule has 88 valence electrons. The summed E-state index contributed by atoms with van der Waals surface area (Å²) >= 11 is 5.50. The first kappa shape index (κ1) is 13.0. The van der Waals surface area contributed by atoms with E-state index < -0.39 is 5.97 Å². The highest BCUT2D eigenvalue weighted by atomic mass is 35.5. The van der Waals surface area contributed by atoms with Gasteiger partial charge in [0.05, 0.1) is 19.1 Å². The van der Waals surface area contributed by atoms with E-state index >= 15 is 0 Å². The first-order chi connectivity index (χ1) is 7.70. The Hall–Kier alpha value is -1.06. The molecule has 1 aromatic carbocycles. The number of carboxylic acids is 1. The number of rotatable bonds is 1. The van der Waals surface area contributed by atoms with Gasteiger partial charge in [0.25, 0.3) is 0 Å². The topological polar surface area (TPSA) is 56.7 Å². The Kier molecular flexibility index (Phi) is 5.90. The largest absolute Gasteiger partial charge is 0.545 e. The molecular formula is C12H16ClNO2. The number of hydrogen-bond donors (Lipinski definition) is 1. The minimum absolute atomic E-state index is 0.143. The smallest absolute Gasteiger partial charge is 0.0755 e. The Morgan fingerprint density at radius 3 is 2.00 bits per heavy atom. The zero-order chi connectivity index (χ0) is 11.8. The summed E-state index contributed by atoms with van der Waals surface area (Å²) in [6.07, 6.45) is 4.36. The number of aromatic carboxylic acids is 1. The van der Waals surface area contributed by atoms with Crippen LogP contribution < -0.4 is 10.4 Å². The van der Waals surface area contributed by atoms with E-state index in [0.717, 1.165) is 0 Å². The van der Waals surface area contributed by atoms with Crippen molar-refractivity contribution in [1.82, 2.24) is 0 Å². The van der Waals surface area contributed by atoms with E-state index in [-0.39, 0.29) is 5.56 Å². The fourth-order valence-corrected chi connectivity index (χ4v) is 1.61. The number of nitrogens with two attached hydrogens (primary N) is 1. The van der Waals surface area contributed by atoms with Crippen LogP contribution in [0.4, 0.5) is 0 Å². The molecule has 0 spiro atoms. The summed E-state index contributed by atoms with van der Waals surface area (Å²) in [6, 6.07) is 5.81. The average molecular weight is 242 g/mol. The standard InChI is InChI=1S/C7H5ClO2.C5H11N/c8-6-3-1-5(2-4-6)7(9)10;1-2-4-6-5-3-1/h1-4H,(H,9,10);6H,1-5H2. The summed E-state index contributed by atoms with van der Waals surface area (Å²) in [5.41, 5.74) is 0.143. The molecule has 2 rings (SSSR count). The van der Waals surface area contributed by atoms with Crippen molar-refractivity contribution in [1.29, 1.82) is 0 Å². The third kappa shape index (κ3) is 5.14. The van der Waals surface area contributed by atoms with Crippen molar-refractivity contribution in [3.05, 3.63) is 34.9 Å². The number of piperidine rings is 1. The van der Waals surface area contributed by atoms with Crippen LogP contribution in [0.25, 0.3) is 0 Å². The average Bonchev–Trinajstić information content (AvgIpc) is 2.32. The maximum Gasteiger partial charge on any atom is 0.0755 e. The van der Waals surface area contributed by atoms with Gasteiger partial charge in [-0.2, -0.15) is 0 Å². The number of halogens is 1. The molecule has 0 amide bonds. The molecule has 1 fully saturated rings. The van der Waals surface area contributed by atoms with Crippen LogP contribution in [0.1, 0.15) is 29.6 Å². The van der Waals surface area contributed by atoms with Crippen molar-refractivity contribution < 1.29 is 15.2 Å². The number of carbonyl (C=O) groups excluding carboxylic acids is 1. The van der Waals surface area contributed by atoms with E-state index in [1.807, 2.05) is 0 Å². The summed E-state index contributed by atoms with van der Waals surface area (Å²) in [5, 5.41) is 13.1. The second-order valence-electron chi connectivity index (χ2n) is 3.72. The number of carboxylic acid groups (broad SMARTS) is 1. The highest BCUT2D eigenvalue weighted by Gasteiger charge is 1.97. The maximum atomic E-state index is 10.2. The van der Waals surface area contributed by atoms with E-state index in [0.29, 0.717) is 5.02 Å². The molecule has 0 atom stereocenters. The van der Waals surface area contributed by atoms with Gasteiger partial charge in [-0.25, -0.2) is 0 Å². The molecule has 1 saturated heterocycles. The van der Waals surface area contributed by atoms with Crippen molar-refractivity contribution in [3.63, 3.8) is 0 Å². The molecule has 16 heavy (non-hydrogen) atoms. The monoisotopic (exact) mass is 241 g/mol. The highest BCUT2D eigenvalue weighted by Crippen LogP contribution is 2.08. The van der Waals surface area contributed by atoms with Gasteiger partial charge in [-0.3, -0.25) is 0 Å². The van der Waals surface area contributed by atoms with Gasteiger partial charge in [-0.15, -0.1) is 0 Å². The molecule has 0 aromatic heterocycles. The van der Waals surface area contributed by atoms with E-state index in [1.165, 1.54) is 56.6 Å². The summed E-state index contributed by atoms with van der Waals surface area (Å²) in [6.45, 7) is 2.75. The lowest BCUT2D eigenvalue weighted by Gasteiger charge is -2.05. The van der Waals surface area contributed by atoms with Crippen molar-refractivity contribution in [3.8, 4) is 0 Å². The molecule has 1 aliphatic rings. The molecule has 0 bridgehead atoms. The Morgan fingerprint density at radius 2 is 1.69 bits per heavy atom. The number of benzene rings is 1. The van der Waals surface area contributed by atoms with Crippen LogP contribution in [0, 0.1) is 0 Å². The van der Waals surface area contributed by atoms with E-state index in [4.69, 9.17) is 11.6 Å². The van der Waals surface area contributed by atoms with Crippen molar-refractivity contribution in [2.45, 2.75) is 19.3 Å². The second-order valence-corrected chi connectivity index (χ2v) is 4.16. The second kappa shape index (κ2) is 7.25. The fraction of sp³-hybridized carbons (Fsp3) is 0.417. The van der Waals surface area contributed by atoms with Gasteiger partial charge in [0.15, 0.2) is 0 Å². The van der Waals surface area contributed by atoms with Gasteiger partial charge in [-0.05, 0) is 37.0 Å². The minimum atomic E-state index is -1.18. The summed E-state index contributed by atoms with van der Waals surface area (Å²) in [4.78, 5) is 10.2. The molecular weight excluding hydrogens is 226 g/mol. The predicted molar refractivity (Wildman–Crippen MR) is 61.3 cm³/mol. The highest BCUT2D eigenvalue weighted by molar-refractivity contribution is 6.30. The van der Waals surface area contributed by atoms with Crippen LogP contribution in [-0.2, 0) is 0 Å². The zero-order valence-electron chi connectivity index (χ0n) is 9.12. The first-order valence-electron chi connectivity index (χ1n) is 5.49. The lowest BCUT2D eigenvalue weighted by atomic mass is 10.2. The molecule has 1 heterocycles. The van der Waals surface area contributed by atoms with E-state index in [2.05, 4.69) is 5.32 Å². The van der Waals surface area contributed by atoms with Gasteiger partial charge in [0.2, 0.25) is 0 Å². The van der Waals surface area contributed by atoms with Gasteiger partial charge in [-0.1, -0.05) is 23.7 Å². The summed E-state index contributed by atoms with van der Waals surface area (Å²) < 4.78 is 0. The van der Waals surface area contributed by atoms with Crippen LogP contribution in [0.3, 0.4) is 0 Å². The van der Waals surface area contributed by atoms with Crippen molar-refractivity contribution >= 4 is 17.6 Å². The van der Waals surface area contributed by atoms with Crippen LogP contribution in [0.5, 0.6) is 0 Å². The molecule has 2 N–H and O–H groups in total. The summed E-state index contributed by atoms with van der Waals surface area (Å²) in [5.74, 6) is -1.18. The molecule has 0 aliphatic carbocycles. The Bertz CT molecular complexity index is 309. The lowest BCUT2D eigenvalue weighted by Crippen LogP contribution is -2.85. The number of hydrogen-bond acceptors (Lipinski definition) is 2. The summed E-state index contributed by atoms with van der Waals surface area (Å²) in [7, 11) is 0. The first-order valence-corrected chi connectivity index (χ1v) is 5.86. The molecule has 3 nitrogen and oxygen atoms in total. The molecule has 1 aromatic rings. The van der Waals surface area contributed by atoms with E-state index in [9.17, 15) is 9.90 Å². The number of carbonyl (C=O) groups is 1. The van der Waals surface area contributed by atoms with Gasteiger partial charge >= 0.3 is 0 Å². The fourth-order valence-electron chi connectivity index (χ4n) is 1.48. The Labute approximate surface area is 100 Å². The third-order valence-corrected chi connectivity index (χ3v) is 2.65. The quantitative estimate of drug-likeness (QED) is 0.776. The maximum absolute atomic E-state index is 10.2. The molecule has 0 radical (unpaired) electrons. The minimum Gasteiger partial charge on any atom is -0.545 e. The predicted octanol–water partition coefficient (Wildman–Crippen LogP) is 0.437. The van der Waals surface area contributed by atoms with Crippen LogP contribution in [-0.4, -0.2) is 19.1 Å². The van der Waals surface area contributed by atoms with Crippen molar-refractivity contribution in [2.24, 2.45) is 0 Å². The van der Waals surface area contributed by atoms with Crippen LogP contribution >= 0.6 is 11.6 Å². The molecule has 1 aliphatic heterocycles. The lowest BCUT2D eigenvalue weighted by molar-refractivity contribution is -0.662. The Morgan fingerprint density at radius 1 is 1.12 bits per heavy atom. The number of quaternary nitrogens is 1. The normalized spacial score (nSPS) is 14.8. The van der Waals surface area contributed by atoms with E-state index in [1.54, 1.807) is 0 Å². The zero-order valence-corrected chi connectivity index (χ0v) is 9.87. The van der Waals surface area contributed by atoms with Gasteiger partial charge < -0.3 is 15.2 Å². The van der Waals surface area contributed by atoms with Gasteiger partial charge in [0.1, 0.15) is 0 Å². The van der Waals surface area contributed by atoms with Crippen molar-refractivity contribution in [2.75, 3.05) is 13.1 Å². The molecule has 0 unspecified atom stereocenters. The van der Waals surface area contributed by atoms with Crippen LogP contribution in [0.15, 0.2) is 24.3 Å². The Balaban J connectivity index is 0.000000181. The van der Waals surface area contributed by atoms with Gasteiger partial charge in [0, 0.05) is 5.02 Å². The molecule has 4 heteroatoms. The molecule has 0 saturated carbocycles. The van der Waals surface area contributed by atoms with Crippen LogP contribution in [0.2, 0.25) is 5.02 Å². The third-order valence-electron chi connectivity index (χ3n) is 2.40.